The molecule has 3 amide bonds. The lowest BCUT2D eigenvalue weighted by molar-refractivity contribution is -0.122. The lowest BCUT2D eigenvalue weighted by Gasteiger charge is -2.07. The van der Waals surface area contributed by atoms with Crippen molar-refractivity contribution in [3.05, 3.63) is 83.0 Å². The standard InChI is InChI=1S/C22H20FN3O3S/c23-17-8-6-16(7-9-17)18-10-11-19(30-18)22(29)26-25-20(27)12-13-24-21(28)14-15-4-2-1-3-5-15/h1-11H,12-14H2,(H,24,28)(H,25,27)(H,26,29). The number of carbonyl (C=O) groups is 3. The molecule has 0 atom stereocenters. The van der Waals surface area contributed by atoms with Crippen LogP contribution in [0.25, 0.3) is 10.4 Å². The van der Waals surface area contributed by atoms with Gasteiger partial charge < -0.3 is 5.32 Å². The van der Waals surface area contributed by atoms with Gasteiger partial charge in [-0.25, -0.2) is 4.39 Å². The summed E-state index contributed by atoms with van der Waals surface area (Å²) >= 11 is 1.23. The van der Waals surface area contributed by atoms with Crippen molar-refractivity contribution in [2.45, 2.75) is 12.8 Å². The van der Waals surface area contributed by atoms with Crippen LogP contribution in [0, 0.1) is 5.82 Å². The molecule has 3 rings (SSSR count). The molecule has 0 spiro atoms. The monoisotopic (exact) mass is 425 g/mol. The van der Waals surface area contributed by atoms with Crippen molar-refractivity contribution in [2.75, 3.05) is 6.54 Å². The maximum Gasteiger partial charge on any atom is 0.279 e. The Morgan fingerprint density at radius 2 is 1.57 bits per heavy atom. The van der Waals surface area contributed by atoms with E-state index in [0.717, 1.165) is 16.0 Å². The van der Waals surface area contributed by atoms with E-state index < -0.39 is 11.8 Å². The molecule has 0 saturated heterocycles. The van der Waals surface area contributed by atoms with Crippen LogP contribution < -0.4 is 16.2 Å². The van der Waals surface area contributed by atoms with Crippen molar-refractivity contribution in [3.63, 3.8) is 0 Å². The van der Waals surface area contributed by atoms with Crippen LogP contribution in [0.1, 0.15) is 21.7 Å². The molecule has 154 valence electrons. The summed E-state index contributed by atoms with van der Waals surface area (Å²) in [5, 5.41) is 2.67. The Morgan fingerprint density at radius 3 is 2.30 bits per heavy atom. The largest absolute Gasteiger partial charge is 0.355 e. The molecule has 0 saturated carbocycles. The Morgan fingerprint density at radius 1 is 0.833 bits per heavy atom. The predicted octanol–water partition coefficient (Wildman–Crippen LogP) is 3.06. The van der Waals surface area contributed by atoms with Crippen molar-refractivity contribution in [3.8, 4) is 10.4 Å². The van der Waals surface area contributed by atoms with Crippen LogP contribution in [0.15, 0.2) is 66.7 Å². The number of rotatable bonds is 7. The summed E-state index contributed by atoms with van der Waals surface area (Å²) in [5.74, 6) is -1.37. The molecular weight excluding hydrogens is 405 g/mol. The summed E-state index contributed by atoms with van der Waals surface area (Å²) in [4.78, 5) is 37.1. The lowest BCUT2D eigenvalue weighted by atomic mass is 10.1. The first-order valence-corrected chi connectivity index (χ1v) is 10.1. The van der Waals surface area contributed by atoms with E-state index in [1.54, 1.807) is 24.3 Å². The van der Waals surface area contributed by atoms with Crippen LogP contribution in [-0.2, 0) is 16.0 Å². The van der Waals surface area contributed by atoms with E-state index in [0.29, 0.717) is 4.88 Å². The van der Waals surface area contributed by atoms with Gasteiger partial charge in [0.25, 0.3) is 5.91 Å². The second-order valence-corrected chi connectivity index (χ2v) is 7.52. The number of hydrogen-bond donors (Lipinski definition) is 3. The Bertz CT molecular complexity index is 1020. The van der Waals surface area contributed by atoms with Crippen LogP contribution in [-0.4, -0.2) is 24.3 Å². The van der Waals surface area contributed by atoms with Crippen LogP contribution >= 0.6 is 11.3 Å². The zero-order chi connectivity index (χ0) is 21.3. The average Bonchev–Trinajstić information content (AvgIpc) is 3.23. The summed E-state index contributed by atoms with van der Waals surface area (Å²) in [7, 11) is 0. The molecule has 0 bridgehead atoms. The second kappa shape index (κ2) is 10.3. The molecule has 0 radical (unpaired) electrons. The van der Waals surface area contributed by atoms with Gasteiger partial charge in [0, 0.05) is 17.8 Å². The summed E-state index contributed by atoms with van der Waals surface area (Å²) < 4.78 is 13.0. The number of carbonyl (C=O) groups excluding carboxylic acids is 3. The van der Waals surface area contributed by atoms with Gasteiger partial charge in [-0.1, -0.05) is 42.5 Å². The van der Waals surface area contributed by atoms with E-state index in [-0.39, 0.29) is 31.1 Å². The fourth-order valence-electron chi connectivity index (χ4n) is 2.64. The molecule has 30 heavy (non-hydrogen) atoms. The Kier molecular flexibility index (Phi) is 7.29. The number of amides is 3. The molecule has 0 unspecified atom stereocenters. The Balaban J connectivity index is 1.39. The second-order valence-electron chi connectivity index (χ2n) is 6.44. The maximum atomic E-state index is 13.0. The van der Waals surface area contributed by atoms with Gasteiger partial charge in [0.05, 0.1) is 11.3 Å². The predicted molar refractivity (Wildman–Crippen MR) is 113 cm³/mol. The minimum absolute atomic E-state index is 0.0338. The van der Waals surface area contributed by atoms with Gasteiger partial charge in [-0.3, -0.25) is 25.2 Å². The molecule has 1 aromatic heterocycles. The Hall–Kier alpha value is -3.52. The smallest absolute Gasteiger partial charge is 0.279 e. The molecule has 0 fully saturated rings. The summed E-state index contributed by atoms with van der Waals surface area (Å²) in [6.07, 6.45) is 0.278. The first kappa shape index (κ1) is 21.2. The molecule has 3 N–H and O–H groups in total. The zero-order valence-electron chi connectivity index (χ0n) is 16.0. The van der Waals surface area contributed by atoms with E-state index in [1.165, 1.54) is 23.5 Å². The molecule has 6 nitrogen and oxygen atoms in total. The highest BCUT2D eigenvalue weighted by atomic mass is 32.1. The van der Waals surface area contributed by atoms with Gasteiger partial charge in [-0.2, -0.15) is 0 Å². The fourth-order valence-corrected chi connectivity index (χ4v) is 3.55. The van der Waals surface area contributed by atoms with E-state index in [1.807, 2.05) is 30.3 Å². The molecule has 2 aromatic carbocycles. The van der Waals surface area contributed by atoms with Crippen molar-refractivity contribution in [2.24, 2.45) is 0 Å². The third-order valence-corrected chi connectivity index (χ3v) is 5.29. The zero-order valence-corrected chi connectivity index (χ0v) is 16.8. The highest BCUT2D eigenvalue weighted by molar-refractivity contribution is 7.17. The highest BCUT2D eigenvalue weighted by Crippen LogP contribution is 2.28. The molecule has 1 heterocycles. The van der Waals surface area contributed by atoms with Crippen molar-refractivity contribution in [1.82, 2.24) is 16.2 Å². The molecule has 8 heteroatoms. The first-order valence-electron chi connectivity index (χ1n) is 9.27. The number of nitrogens with one attached hydrogen (secondary N) is 3. The normalized spacial score (nSPS) is 10.3. The molecule has 0 aliphatic heterocycles. The number of hydrogen-bond acceptors (Lipinski definition) is 4. The van der Waals surface area contributed by atoms with Gasteiger partial charge in [-0.15, -0.1) is 11.3 Å². The van der Waals surface area contributed by atoms with Gasteiger partial charge >= 0.3 is 0 Å². The van der Waals surface area contributed by atoms with Gasteiger partial charge in [0.15, 0.2) is 0 Å². The topological polar surface area (TPSA) is 87.3 Å². The van der Waals surface area contributed by atoms with E-state index >= 15 is 0 Å². The van der Waals surface area contributed by atoms with Crippen LogP contribution in [0.5, 0.6) is 0 Å². The first-order chi connectivity index (χ1) is 14.5. The summed E-state index contributed by atoms with van der Waals surface area (Å²) in [5.41, 5.74) is 6.37. The minimum Gasteiger partial charge on any atom is -0.355 e. The molecule has 3 aromatic rings. The number of hydrazine groups is 1. The fraction of sp³-hybridized carbons (Fsp3) is 0.136. The van der Waals surface area contributed by atoms with Crippen molar-refractivity contribution in [1.29, 1.82) is 0 Å². The molecule has 0 aliphatic rings. The quantitative estimate of drug-likeness (QED) is 0.509. The average molecular weight is 425 g/mol. The number of benzene rings is 2. The van der Waals surface area contributed by atoms with E-state index in [4.69, 9.17) is 0 Å². The molecular formula is C22H20FN3O3S. The summed E-state index contributed by atoms with van der Waals surface area (Å²) in [6.45, 7) is 0.168. The summed E-state index contributed by atoms with van der Waals surface area (Å²) in [6, 6.07) is 18.7. The van der Waals surface area contributed by atoms with Crippen LogP contribution in [0.4, 0.5) is 4.39 Å². The van der Waals surface area contributed by atoms with Gasteiger partial charge in [0.1, 0.15) is 5.82 Å². The van der Waals surface area contributed by atoms with Crippen LogP contribution in [0.3, 0.4) is 0 Å². The maximum absolute atomic E-state index is 13.0. The SMILES string of the molecule is O=C(Cc1ccccc1)NCCC(=O)NNC(=O)c1ccc(-c2ccc(F)cc2)s1. The third kappa shape index (κ3) is 6.25. The third-order valence-electron chi connectivity index (χ3n) is 4.16. The van der Waals surface area contributed by atoms with Gasteiger partial charge in [-0.05, 0) is 35.4 Å². The lowest BCUT2D eigenvalue weighted by Crippen LogP contribution is -2.42. The van der Waals surface area contributed by atoms with Crippen LogP contribution in [0.2, 0.25) is 0 Å². The number of thiophene rings is 1. The number of halogens is 1. The van der Waals surface area contributed by atoms with Crippen molar-refractivity contribution >= 4 is 29.1 Å². The molecule has 0 aliphatic carbocycles. The minimum atomic E-state index is -0.449. The Labute approximate surface area is 177 Å². The highest BCUT2D eigenvalue weighted by Gasteiger charge is 2.12. The van der Waals surface area contributed by atoms with E-state index in [9.17, 15) is 18.8 Å². The van der Waals surface area contributed by atoms with E-state index in [2.05, 4.69) is 16.2 Å². The van der Waals surface area contributed by atoms with Crippen molar-refractivity contribution < 1.29 is 18.8 Å². The van der Waals surface area contributed by atoms with Gasteiger partial charge in [0.2, 0.25) is 11.8 Å².